The Labute approximate surface area is 188 Å². The molecule has 0 unspecified atom stereocenters. The Morgan fingerprint density at radius 1 is 0.781 bits per heavy atom. The molecule has 0 amide bonds. The first-order valence-electron chi connectivity index (χ1n) is 11.0. The molecule has 0 spiro atoms. The third kappa shape index (κ3) is 3.74. The van der Waals surface area contributed by atoms with Crippen molar-refractivity contribution < 1.29 is 5.11 Å². The maximum absolute atomic E-state index is 11.1. The zero-order valence-corrected chi connectivity index (χ0v) is 18.4. The van der Waals surface area contributed by atoms with Gasteiger partial charge in [0.1, 0.15) is 0 Å². The van der Waals surface area contributed by atoms with Crippen molar-refractivity contribution in [3.63, 3.8) is 0 Å². The molecule has 2 aromatic heterocycles. The lowest BCUT2D eigenvalue weighted by Crippen LogP contribution is -2.23. The fraction of sp³-hybridized carbons (Fsp3) is 0.179. The molecule has 4 heteroatoms. The Kier molecular flexibility index (Phi) is 5.38. The number of benzene rings is 3. The monoisotopic (exact) mass is 421 g/mol. The van der Waals surface area contributed by atoms with Gasteiger partial charge in [-0.25, -0.2) is 0 Å². The molecule has 1 N–H and O–H groups in total. The summed E-state index contributed by atoms with van der Waals surface area (Å²) in [7, 11) is 0. The van der Waals surface area contributed by atoms with Crippen molar-refractivity contribution in [2.45, 2.75) is 33.0 Å². The average molecular weight is 422 g/mol. The predicted octanol–water partition coefficient (Wildman–Crippen LogP) is 5.85. The van der Waals surface area contributed by atoms with E-state index in [1.807, 2.05) is 36.7 Å². The minimum absolute atomic E-state index is 0.459. The van der Waals surface area contributed by atoms with Gasteiger partial charge < -0.3 is 9.67 Å². The van der Waals surface area contributed by atoms with Crippen molar-refractivity contribution in [3.05, 3.63) is 102 Å². The zero-order valence-electron chi connectivity index (χ0n) is 18.4. The zero-order chi connectivity index (χ0) is 22.1. The highest BCUT2D eigenvalue weighted by atomic mass is 16.3. The molecule has 5 aromatic rings. The van der Waals surface area contributed by atoms with E-state index in [0.29, 0.717) is 13.1 Å². The smallest absolute Gasteiger partial charge is 0.0914 e. The van der Waals surface area contributed by atoms with Crippen LogP contribution in [0, 0.1) is 13.8 Å². The Hall–Kier alpha value is -3.63. The van der Waals surface area contributed by atoms with Crippen LogP contribution in [0.2, 0.25) is 0 Å². The number of aliphatic hydroxyl groups is 1. The number of fused-ring (bicyclic) bond motifs is 1. The maximum Gasteiger partial charge on any atom is 0.0914 e. The van der Waals surface area contributed by atoms with Crippen molar-refractivity contribution in [1.82, 2.24) is 14.3 Å². The largest absolute Gasteiger partial charge is 0.389 e. The molecule has 0 saturated heterocycles. The number of aryl methyl sites for hydroxylation is 2. The van der Waals surface area contributed by atoms with Gasteiger partial charge in [-0.05, 0) is 37.1 Å². The lowest BCUT2D eigenvalue weighted by Gasteiger charge is -2.18. The van der Waals surface area contributed by atoms with Gasteiger partial charge in [0, 0.05) is 22.2 Å². The summed E-state index contributed by atoms with van der Waals surface area (Å²) in [5.41, 5.74) is 7.80. The molecule has 32 heavy (non-hydrogen) atoms. The van der Waals surface area contributed by atoms with Gasteiger partial charge in [-0.15, -0.1) is 0 Å². The van der Waals surface area contributed by atoms with E-state index in [1.165, 1.54) is 16.5 Å². The summed E-state index contributed by atoms with van der Waals surface area (Å²) in [6.45, 7) is 4.95. The van der Waals surface area contributed by atoms with Crippen LogP contribution in [0.4, 0.5) is 0 Å². The second-order valence-corrected chi connectivity index (χ2v) is 8.35. The second kappa shape index (κ2) is 8.48. The molecule has 0 aliphatic heterocycles. The summed E-state index contributed by atoms with van der Waals surface area (Å²) in [5.74, 6) is 0. The molecule has 0 bridgehead atoms. The average Bonchev–Trinajstić information content (AvgIpc) is 3.31. The van der Waals surface area contributed by atoms with Crippen LogP contribution in [0.5, 0.6) is 0 Å². The number of rotatable bonds is 6. The van der Waals surface area contributed by atoms with Gasteiger partial charge in [-0.2, -0.15) is 5.10 Å². The molecular formula is C28H27N3O. The maximum atomic E-state index is 11.1. The number of nitrogens with zero attached hydrogens (tertiary/aromatic N) is 3. The first kappa shape index (κ1) is 20.3. The van der Waals surface area contributed by atoms with Crippen molar-refractivity contribution in [2.24, 2.45) is 0 Å². The van der Waals surface area contributed by atoms with Crippen LogP contribution in [0.3, 0.4) is 0 Å². The van der Waals surface area contributed by atoms with Gasteiger partial charge in [0.25, 0.3) is 0 Å². The summed E-state index contributed by atoms with van der Waals surface area (Å²) in [5, 5.41) is 16.8. The van der Waals surface area contributed by atoms with Gasteiger partial charge in [-0.3, -0.25) is 4.68 Å². The summed E-state index contributed by atoms with van der Waals surface area (Å²) in [6.07, 6.45) is -0.574. The van der Waals surface area contributed by atoms with E-state index < -0.39 is 6.10 Å². The van der Waals surface area contributed by atoms with Crippen LogP contribution in [0.25, 0.3) is 33.3 Å². The molecule has 0 saturated carbocycles. The van der Waals surface area contributed by atoms with E-state index >= 15 is 0 Å². The van der Waals surface area contributed by atoms with Crippen molar-refractivity contribution in [2.75, 3.05) is 0 Å². The molecule has 3 aromatic carbocycles. The predicted molar refractivity (Wildman–Crippen MR) is 131 cm³/mol. The van der Waals surface area contributed by atoms with Gasteiger partial charge in [-0.1, -0.05) is 78.9 Å². The van der Waals surface area contributed by atoms with Gasteiger partial charge in [0.2, 0.25) is 0 Å². The molecule has 5 rings (SSSR count). The van der Waals surface area contributed by atoms with Crippen LogP contribution in [0.15, 0.2) is 91.0 Å². The topological polar surface area (TPSA) is 43.0 Å². The summed E-state index contributed by atoms with van der Waals surface area (Å²) in [4.78, 5) is 0. The molecule has 4 nitrogen and oxygen atoms in total. The summed E-state index contributed by atoms with van der Waals surface area (Å²) in [6, 6.07) is 31.5. The van der Waals surface area contributed by atoms with Crippen molar-refractivity contribution in [3.8, 4) is 22.4 Å². The van der Waals surface area contributed by atoms with Gasteiger partial charge >= 0.3 is 0 Å². The number of hydrogen-bond donors (Lipinski definition) is 1. The summed E-state index contributed by atoms with van der Waals surface area (Å²) >= 11 is 0. The van der Waals surface area contributed by atoms with Crippen LogP contribution in [-0.4, -0.2) is 25.6 Å². The van der Waals surface area contributed by atoms with Crippen molar-refractivity contribution >= 4 is 10.9 Å². The van der Waals surface area contributed by atoms with Gasteiger partial charge in [0.15, 0.2) is 0 Å². The molecule has 0 aliphatic carbocycles. The third-order valence-electron chi connectivity index (χ3n) is 5.96. The molecule has 0 radical (unpaired) electrons. The van der Waals surface area contributed by atoms with Crippen molar-refractivity contribution in [1.29, 1.82) is 0 Å². The van der Waals surface area contributed by atoms with Gasteiger partial charge in [0.05, 0.1) is 30.6 Å². The highest BCUT2D eigenvalue weighted by Gasteiger charge is 2.21. The highest BCUT2D eigenvalue weighted by molar-refractivity contribution is 6.04. The lowest BCUT2D eigenvalue weighted by atomic mass is 9.98. The fourth-order valence-electron chi connectivity index (χ4n) is 4.61. The quantitative estimate of drug-likeness (QED) is 0.374. The molecule has 1 atom stereocenters. The van der Waals surface area contributed by atoms with E-state index in [-0.39, 0.29) is 0 Å². The van der Waals surface area contributed by atoms with E-state index in [1.54, 1.807) is 0 Å². The normalized spacial score (nSPS) is 12.3. The van der Waals surface area contributed by atoms with E-state index in [0.717, 1.165) is 28.2 Å². The minimum atomic E-state index is -0.574. The number of aliphatic hydroxyl groups excluding tert-OH is 1. The van der Waals surface area contributed by atoms with Crippen LogP contribution >= 0.6 is 0 Å². The van der Waals surface area contributed by atoms with Crippen LogP contribution in [0.1, 0.15) is 11.4 Å². The Bertz CT molecular complexity index is 1350. The molecule has 2 heterocycles. The lowest BCUT2D eigenvalue weighted by molar-refractivity contribution is 0.131. The Morgan fingerprint density at radius 3 is 2.06 bits per heavy atom. The summed E-state index contributed by atoms with van der Waals surface area (Å²) < 4.78 is 4.16. The first-order valence-corrected chi connectivity index (χ1v) is 11.0. The Balaban J connectivity index is 1.67. The van der Waals surface area contributed by atoms with Crippen LogP contribution in [-0.2, 0) is 13.1 Å². The number of para-hydroxylation sites is 1. The molecule has 0 aliphatic rings. The number of aromatic nitrogens is 3. The van der Waals surface area contributed by atoms with Crippen LogP contribution < -0.4 is 0 Å². The SMILES string of the molecule is Cc1cc(C)n(C[C@@H](O)Cn2c(-c3ccccc3)c(-c3ccccc3)c3ccccc32)n1. The third-order valence-corrected chi connectivity index (χ3v) is 5.96. The van der Waals surface area contributed by atoms with E-state index in [4.69, 9.17) is 0 Å². The fourth-order valence-corrected chi connectivity index (χ4v) is 4.61. The highest BCUT2D eigenvalue weighted by Crippen LogP contribution is 2.41. The second-order valence-electron chi connectivity index (χ2n) is 8.35. The molecule has 160 valence electrons. The molecular weight excluding hydrogens is 394 g/mol. The minimum Gasteiger partial charge on any atom is -0.389 e. The first-order chi connectivity index (χ1) is 15.6. The number of hydrogen-bond acceptors (Lipinski definition) is 2. The molecule has 0 fully saturated rings. The standard InChI is InChI=1S/C28H27N3O/c1-20-17-21(2)31(29-20)19-24(32)18-30-26-16-10-9-15-25(26)27(22-11-5-3-6-12-22)28(30)23-13-7-4-8-14-23/h3-17,24,32H,18-19H2,1-2H3/t24-/m0/s1. The van der Waals surface area contributed by atoms with E-state index in [2.05, 4.69) is 82.5 Å². The Morgan fingerprint density at radius 2 is 1.41 bits per heavy atom. The van der Waals surface area contributed by atoms with E-state index in [9.17, 15) is 5.11 Å².